The number of amides is 1. The maximum atomic E-state index is 13.4. The summed E-state index contributed by atoms with van der Waals surface area (Å²) in [7, 11) is 0. The first kappa shape index (κ1) is 24.6. The molecule has 178 valence electrons. The molecule has 1 amide bonds. The molecule has 0 fully saturated rings. The van der Waals surface area contributed by atoms with Crippen LogP contribution >= 0.6 is 35.1 Å². The molecule has 0 spiro atoms. The summed E-state index contributed by atoms with van der Waals surface area (Å²) in [5.74, 6) is -1.35. The van der Waals surface area contributed by atoms with E-state index in [9.17, 15) is 27.2 Å². The SMILES string of the molecule is CC1Cc2nc(SCC(=O)Nc3cc(C(F)(F)F)ccc3Cl)n(-c3ccc(F)cc3)c(=O)c2S1. The normalized spacial score (nSPS) is 15.3. The van der Waals surface area contributed by atoms with Crippen LogP contribution in [0.3, 0.4) is 0 Å². The molecule has 1 atom stereocenters. The number of hydrogen-bond donors (Lipinski definition) is 1. The molecule has 0 saturated carbocycles. The van der Waals surface area contributed by atoms with Crippen molar-refractivity contribution in [1.82, 2.24) is 9.55 Å². The molecular weight excluding hydrogens is 514 g/mol. The zero-order valence-electron chi connectivity index (χ0n) is 17.5. The van der Waals surface area contributed by atoms with Gasteiger partial charge in [0.15, 0.2) is 5.16 Å². The van der Waals surface area contributed by atoms with E-state index in [1.807, 2.05) is 6.92 Å². The van der Waals surface area contributed by atoms with Crippen LogP contribution in [0.2, 0.25) is 5.02 Å². The number of aromatic nitrogens is 2. The minimum atomic E-state index is -4.59. The highest BCUT2D eigenvalue weighted by Crippen LogP contribution is 2.36. The first-order chi connectivity index (χ1) is 16.0. The fourth-order valence-electron chi connectivity index (χ4n) is 3.33. The molecule has 0 radical (unpaired) electrons. The smallest absolute Gasteiger partial charge is 0.324 e. The zero-order valence-corrected chi connectivity index (χ0v) is 19.8. The number of hydrogen-bond acceptors (Lipinski definition) is 5. The second-order valence-electron chi connectivity index (χ2n) is 7.45. The third-order valence-electron chi connectivity index (χ3n) is 4.87. The van der Waals surface area contributed by atoms with E-state index >= 15 is 0 Å². The van der Waals surface area contributed by atoms with Gasteiger partial charge in [0, 0.05) is 11.7 Å². The highest BCUT2D eigenvalue weighted by Gasteiger charge is 2.31. The highest BCUT2D eigenvalue weighted by atomic mass is 35.5. The Kier molecular flexibility index (Phi) is 6.97. The van der Waals surface area contributed by atoms with E-state index < -0.39 is 23.5 Å². The molecule has 34 heavy (non-hydrogen) atoms. The van der Waals surface area contributed by atoms with Gasteiger partial charge in [-0.3, -0.25) is 14.2 Å². The molecule has 2 aromatic carbocycles. The van der Waals surface area contributed by atoms with Crippen LogP contribution in [-0.2, 0) is 17.4 Å². The van der Waals surface area contributed by atoms with Crippen molar-refractivity contribution in [3.63, 3.8) is 0 Å². The number of nitrogens with one attached hydrogen (secondary N) is 1. The first-order valence-corrected chi connectivity index (χ1v) is 12.1. The lowest BCUT2D eigenvalue weighted by molar-refractivity contribution is -0.137. The maximum absolute atomic E-state index is 13.4. The van der Waals surface area contributed by atoms with Crippen LogP contribution in [-0.4, -0.2) is 26.5 Å². The van der Waals surface area contributed by atoms with Crippen LogP contribution in [0.4, 0.5) is 23.2 Å². The monoisotopic (exact) mass is 529 g/mol. The fraction of sp³-hybridized carbons (Fsp3) is 0.227. The van der Waals surface area contributed by atoms with E-state index in [4.69, 9.17) is 11.6 Å². The maximum Gasteiger partial charge on any atom is 0.416 e. The second-order valence-corrected chi connectivity index (χ2v) is 10.2. The largest absolute Gasteiger partial charge is 0.416 e. The minimum Gasteiger partial charge on any atom is -0.324 e. The summed E-state index contributed by atoms with van der Waals surface area (Å²) < 4.78 is 53.7. The van der Waals surface area contributed by atoms with Crippen molar-refractivity contribution in [3.8, 4) is 5.69 Å². The van der Waals surface area contributed by atoms with Gasteiger partial charge in [-0.1, -0.05) is 30.3 Å². The minimum absolute atomic E-state index is 0.0451. The van der Waals surface area contributed by atoms with Crippen molar-refractivity contribution in [1.29, 1.82) is 0 Å². The fourth-order valence-corrected chi connectivity index (χ4v) is 5.42. The number of fused-ring (bicyclic) bond motifs is 1. The number of nitrogens with zero attached hydrogens (tertiary/aromatic N) is 2. The van der Waals surface area contributed by atoms with E-state index in [0.717, 1.165) is 30.0 Å². The molecule has 1 aromatic heterocycles. The van der Waals surface area contributed by atoms with E-state index in [2.05, 4.69) is 10.3 Å². The lowest BCUT2D eigenvalue weighted by Crippen LogP contribution is -2.24. The van der Waals surface area contributed by atoms with Gasteiger partial charge >= 0.3 is 6.18 Å². The van der Waals surface area contributed by atoms with Crippen molar-refractivity contribution in [2.24, 2.45) is 0 Å². The van der Waals surface area contributed by atoms with Gasteiger partial charge < -0.3 is 5.32 Å². The van der Waals surface area contributed by atoms with Crippen LogP contribution in [0.15, 0.2) is 57.3 Å². The molecule has 4 rings (SSSR count). The molecule has 1 N–H and O–H groups in total. The Labute approximate surface area is 204 Å². The standard InChI is InChI=1S/C22H16ClF4N3O2S2/c1-11-8-17-19(34-11)20(32)30(14-5-3-13(24)4-6-14)21(29-17)33-10-18(31)28-16-9-12(22(25,26)27)2-7-15(16)23/h2-7,9,11H,8,10H2,1H3,(H,28,31). The Morgan fingerprint density at radius 3 is 2.65 bits per heavy atom. The van der Waals surface area contributed by atoms with Crippen molar-refractivity contribution >= 4 is 46.7 Å². The molecular formula is C22H16ClF4N3O2S2. The average Bonchev–Trinajstić information content (AvgIpc) is 3.14. The van der Waals surface area contributed by atoms with Gasteiger partial charge in [-0.15, -0.1) is 11.8 Å². The zero-order chi connectivity index (χ0) is 24.6. The summed E-state index contributed by atoms with van der Waals surface area (Å²) in [4.78, 5) is 30.8. The predicted octanol–water partition coefficient (Wildman–Crippen LogP) is 5.81. The predicted molar refractivity (Wildman–Crippen MR) is 125 cm³/mol. The molecule has 5 nitrogen and oxygen atoms in total. The molecule has 12 heteroatoms. The topological polar surface area (TPSA) is 64.0 Å². The highest BCUT2D eigenvalue weighted by molar-refractivity contribution is 8.00. The van der Waals surface area contributed by atoms with Gasteiger partial charge in [-0.25, -0.2) is 9.37 Å². The average molecular weight is 530 g/mol. The Balaban J connectivity index is 1.60. The quantitative estimate of drug-likeness (QED) is 0.257. The van der Waals surface area contributed by atoms with Gasteiger partial charge in [0.2, 0.25) is 5.91 Å². The number of benzene rings is 2. The van der Waals surface area contributed by atoms with Gasteiger partial charge in [-0.2, -0.15) is 13.2 Å². The first-order valence-electron chi connectivity index (χ1n) is 9.91. The number of alkyl halides is 3. The van der Waals surface area contributed by atoms with Crippen LogP contribution in [0.1, 0.15) is 18.2 Å². The summed E-state index contributed by atoms with van der Waals surface area (Å²) in [6.07, 6.45) is -4.01. The summed E-state index contributed by atoms with van der Waals surface area (Å²) in [5, 5.41) is 2.70. The summed E-state index contributed by atoms with van der Waals surface area (Å²) in [6.45, 7) is 1.97. The van der Waals surface area contributed by atoms with Gasteiger partial charge in [0.05, 0.1) is 38.3 Å². The van der Waals surface area contributed by atoms with E-state index in [1.54, 1.807) is 0 Å². The van der Waals surface area contributed by atoms with Crippen molar-refractivity contribution < 1.29 is 22.4 Å². The Morgan fingerprint density at radius 2 is 1.97 bits per heavy atom. The number of thioether (sulfide) groups is 2. The Morgan fingerprint density at radius 1 is 1.26 bits per heavy atom. The lowest BCUT2D eigenvalue weighted by Gasteiger charge is -2.14. The molecule has 1 aliphatic rings. The molecule has 3 aromatic rings. The van der Waals surface area contributed by atoms with Crippen LogP contribution in [0, 0.1) is 5.82 Å². The Hall–Kier alpha value is -2.50. The molecule has 1 aliphatic heterocycles. The van der Waals surface area contributed by atoms with Crippen molar-refractivity contribution in [2.45, 2.75) is 34.8 Å². The van der Waals surface area contributed by atoms with E-state index in [-0.39, 0.29) is 32.4 Å². The third kappa shape index (κ3) is 5.26. The number of carbonyl (C=O) groups excluding carboxylic acids is 1. The molecule has 0 bridgehead atoms. The second kappa shape index (κ2) is 9.63. The molecule has 1 unspecified atom stereocenters. The van der Waals surface area contributed by atoms with Crippen LogP contribution < -0.4 is 10.9 Å². The number of carbonyl (C=O) groups is 1. The molecule has 2 heterocycles. The molecule has 0 aliphatic carbocycles. The van der Waals surface area contributed by atoms with Crippen LogP contribution in [0.5, 0.6) is 0 Å². The lowest BCUT2D eigenvalue weighted by atomic mass is 10.2. The molecule has 0 saturated heterocycles. The summed E-state index contributed by atoms with van der Waals surface area (Å²) in [5.41, 5.74) is -0.452. The van der Waals surface area contributed by atoms with Crippen molar-refractivity contribution in [2.75, 3.05) is 11.1 Å². The summed E-state index contributed by atoms with van der Waals surface area (Å²) >= 11 is 8.29. The van der Waals surface area contributed by atoms with Gasteiger partial charge in [0.1, 0.15) is 5.82 Å². The number of rotatable bonds is 5. The third-order valence-corrected chi connectivity index (χ3v) is 7.35. The number of halogens is 5. The van der Waals surface area contributed by atoms with E-state index in [0.29, 0.717) is 22.7 Å². The Bertz CT molecular complexity index is 1310. The van der Waals surface area contributed by atoms with Crippen molar-refractivity contribution in [3.05, 3.63) is 74.9 Å². The van der Waals surface area contributed by atoms with E-state index in [1.165, 1.54) is 40.6 Å². The number of anilines is 1. The van der Waals surface area contributed by atoms with Gasteiger partial charge in [-0.05, 0) is 42.5 Å². The van der Waals surface area contributed by atoms with Crippen LogP contribution in [0.25, 0.3) is 5.69 Å². The summed E-state index contributed by atoms with van der Waals surface area (Å²) in [6, 6.07) is 7.91. The van der Waals surface area contributed by atoms with Gasteiger partial charge in [0.25, 0.3) is 5.56 Å².